The van der Waals surface area contributed by atoms with Gasteiger partial charge in [-0.15, -0.1) is 0 Å². The van der Waals surface area contributed by atoms with E-state index in [0.29, 0.717) is 13.2 Å². The van der Waals surface area contributed by atoms with Gasteiger partial charge in [0.25, 0.3) is 5.91 Å². The molecule has 1 heterocycles. The summed E-state index contributed by atoms with van der Waals surface area (Å²) < 4.78 is 21.9. The normalized spacial score (nSPS) is 10.9. The summed E-state index contributed by atoms with van der Waals surface area (Å²) in [6, 6.07) is 21.7. The number of rotatable bonds is 8. The van der Waals surface area contributed by atoms with Crippen molar-refractivity contribution in [3.63, 3.8) is 0 Å². The fraction of sp³-hybridized carbons (Fsp3) is 0.200. The largest absolute Gasteiger partial charge is 0.493 e. The van der Waals surface area contributed by atoms with Gasteiger partial charge in [0.1, 0.15) is 17.4 Å². The maximum atomic E-state index is 13.9. The lowest BCUT2D eigenvalue weighted by molar-refractivity contribution is 0.0945. The number of halogens is 1. The summed E-state index contributed by atoms with van der Waals surface area (Å²) in [7, 11) is 0. The van der Waals surface area contributed by atoms with Crippen LogP contribution in [0.2, 0.25) is 0 Å². The molecule has 0 fully saturated rings. The Morgan fingerprint density at radius 2 is 1.77 bits per heavy atom. The number of aromatic nitrogens is 2. The lowest BCUT2D eigenvalue weighted by atomic mass is 10.2. The van der Waals surface area contributed by atoms with Crippen molar-refractivity contribution in [3.8, 4) is 5.75 Å². The van der Waals surface area contributed by atoms with E-state index < -0.39 is 11.7 Å². The molecule has 0 aliphatic rings. The summed E-state index contributed by atoms with van der Waals surface area (Å²) in [6.07, 6.45) is 0.781. The third-order valence-corrected chi connectivity index (χ3v) is 5.14. The Balaban J connectivity index is 1.45. The Hall–Kier alpha value is -3.67. The monoisotopic (exact) mass is 417 g/mol. The van der Waals surface area contributed by atoms with E-state index in [2.05, 4.69) is 14.9 Å². The summed E-state index contributed by atoms with van der Waals surface area (Å²) >= 11 is 0. The summed E-state index contributed by atoms with van der Waals surface area (Å²) in [5, 5.41) is 2.79. The first-order chi connectivity index (χ1) is 15.1. The molecule has 1 aromatic heterocycles. The Bertz CT molecular complexity index is 1200. The van der Waals surface area contributed by atoms with Gasteiger partial charge in [0.05, 0.1) is 29.7 Å². The number of hydrogen-bond donors (Lipinski definition) is 1. The maximum absolute atomic E-state index is 13.9. The summed E-state index contributed by atoms with van der Waals surface area (Å²) in [5.74, 6) is 0.610. The molecule has 3 aromatic carbocycles. The van der Waals surface area contributed by atoms with Crippen LogP contribution in [0.1, 0.15) is 28.2 Å². The molecule has 4 rings (SSSR count). The minimum atomic E-state index is -0.540. The van der Waals surface area contributed by atoms with Gasteiger partial charge in [0.15, 0.2) is 0 Å². The number of aryl methyl sites for hydroxylation is 2. The van der Waals surface area contributed by atoms with Crippen molar-refractivity contribution < 1.29 is 13.9 Å². The molecule has 31 heavy (non-hydrogen) atoms. The van der Waals surface area contributed by atoms with Gasteiger partial charge in [-0.2, -0.15) is 0 Å². The van der Waals surface area contributed by atoms with E-state index in [4.69, 9.17) is 4.74 Å². The van der Waals surface area contributed by atoms with Gasteiger partial charge >= 0.3 is 0 Å². The molecule has 0 aliphatic heterocycles. The van der Waals surface area contributed by atoms with Gasteiger partial charge in [0.2, 0.25) is 0 Å². The molecule has 5 nitrogen and oxygen atoms in total. The van der Waals surface area contributed by atoms with Gasteiger partial charge in [-0.25, -0.2) is 9.37 Å². The number of para-hydroxylation sites is 3. The van der Waals surface area contributed by atoms with E-state index in [0.717, 1.165) is 34.6 Å². The standard InChI is InChI=1S/C25H24FN3O2/c1-18-9-2-7-14-23(18)31-16-8-15-29-22-13-6-5-12-21(22)28-24(29)17-27-25(30)19-10-3-4-11-20(19)26/h2-7,9-14H,8,15-17H2,1H3,(H,27,30). The maximum Gasteiger partial charge on any atom is 0.254 e. The zero-order chi connectivity index (χ0) is 21.6. The number of nitrogens with one attached hydrogen (secondary N) is 1. The number of hydrogen-bond acceptors (Lipinski definition) is 3. The molecule has 4 aromatic rings. The number of imidazole rings is 1. The first-order valence-corrected chi connectivity index (χ1v) is 10.3. The van der Waals surface area contributed by atoms with E-state index in [1.54, 1.807) is 12.1 Å². The van der Waals surface area contributed by atoms with Crippen molar-refractivity contribution in [2.24, 2.45) is 0 Å². The minimum absolute atomic E-state index is 0.0248. The molecule has 0 atom stereocenters. The summed E-state index contributed by atoms with van der Waals surface area (Å²) in [6.45, 7) is 3.49. The van der Waals surface area contributed by atoms with Crippen LogP contribution in [0.3, 0.4) is 0 Å². The van der Waals surface area contributed by atoms with Crippen molar-refractivity contribution in [2.75, 3.05) is 6.61 Å². The van der Waals surface area contributed by atoms with E-state index >= 15 is 0 Å². The van der Waals surface area contributed by atoms with Crippen molar-refractivity contribution in [2.45, 2.75) is 26.4 Å². The van der Waals surface area contributed by atoms with Gasteiger partial charge < -0.3 is 14.6 Å². The number of amides is 1. The molecule has 6 heteroatoms. The van der Waals surface area contributed by atoms with Crippen LogP contribution in [0.4, 0.5) is 4.39 Å². The average Bonchev–Trinajstić information content (AvgIpc) is 3.14. The molecule has 1 amide bonds. The Morgan fingerprint density at radius 1 is 1.03 bits per heavy atom. The zero-order valence-electron chi connectivity index (χ0n) is 17.3. The van der Waals surface area contributed by atoms with E-state index in [9.17, 15) is 9.18 Å². The van der Waals surface area contributed by atoms with Crippen molar-refractivity contribution >= 4 is 16.9 Å². The van der Waals surface area contributed by atoms with Gasteiger partial charge in [-0.1, -0.05) is 42.5 Å². The fourth-order valence-electron chi connectivity index (χ4n) is 3.53. The summed E-state index contributed by atoms with van der Waals surface area (Å²) in [5.41, 5.74) is 2.98. The summed E-state index contributed by atoms with van der Waals surface area (Å²) in [4.78, 5) is 17.1. The molecule has 158 valence electrons. The molecule has 0 unspecified atom stereocenters. The molecule has 0 saturated carbocycles. The van der Waals surface area contributed by atoms with Crippen LogP contribution in [-0.4, -0.2) is 22.1 Å². The second-order valence-corrected chi connectivity index (χ2v) is 7.30. The lowest BCUT2D eigenvalue weighted by Crippen LogP contribution is -2.25. The van der Waals surface area contributed by atoms with Gasteiger partial charge in [-0.05, 0) is 49.2 Å². The van der Waals surface area contributed by atoms with E-state index in [1.165, 1.54) is 12.1 Å². The average molecular weight is 417 g/mol. The third-order valence-electron chi connectivity index (χ3n) is 5.14. The van der Waals surface area contributed by atoms with Gasteiger partial charge in [-0.3, -0.25) is 4.79 Å². The van der Waals surface area contributed by atoms with Crippen LogP contribution in [0.5, 0.6) is 5.75 Å². The molecular formula is C25H24FN3O2. The predicted octanol–water partition coefficient (Wildman–Crippen LogP) is 4.88. The molecule has 1 N–H and O–H groups in total. The van der Waals surface area contributed by atoms with Crippen molar-refractivity contribution in [1.29, 1.82) is 0 Å². The molecule has 0 saturated heterocycles. The predicted molar refractivity (Wildman–Crippen MR) is 119 cm³/mol. The third kappa shape index (κ3) is 4.74. The van der Waals surface area contributed by atoms with Crippen LogP contribution in [-0.2, 0) is 13.1 Å². The first kappa shape index (κ1) is 20.6. The lowest BCUT2D eigenvalue weighted by Gasteiger charge is -2.12. The number of carbonyl (C=O) groups is 1. The molecule has 0 radical (unpaired) electrons. The Kier molecular flexibility index (Phi) is 6.26. The quantitative estimate of drug-likeness (QED) is 0.416. The molecule has 0 aliphatic carbocycles. The number of benzene rings is 3. The van der Waals surface area contributed by atoms with Crippen LogP contribution < -0.4 is 10.1 Å². The van der Waals surface area contributed by atoms with Crippen LogP contribution in [0.25, 0.3) is 11.0 Å². The molecule has 0 bridgehead atoms. The smallest absolute Gasteiger partial charge is 0.254 e. The molecule has 0 spiro atoms. The Labute approximate surface area is 180 Å². The highest BCUT2D eigenvalue weighted by atomic mass is 19.1. The molecular weight excluding hydrogens is 393 g/mol. The number of carbonyl (C=O) groups excluding carboxylic acids is 1. The highest BCUT2D eigenvalue weighted by Crippen LogP contribution is 2.19. The highest BCUT2D eigenvalue weighted by Gasteiger charge is 2.14. The van der Waals surface area contributed by atoms with Gasteiger partial charge in [0, 0.05) is 6.54 Å². The first-order valence-electron chi connectivity index (χ1n) is 10.3. The topological polar surface area (TPSA) is 56.1 Å². The van der Waals surface area contributed by atoms with E-state index in [-0.39, 0.29) is 12.1 Å². The van der Waals surface area contributed by atoms with E-state index in [1.807, 2.05) is 55.5 Å². The second-order valence-electron chi connectivity index (χ2n) is 7.30. The van der Waals surface area contributed by atoms with Crippen LogP contribution in [0.15, 0.2) is 72.8 Å². The zero-order valence-corrected chi connectivity index (χ0v) is 17.3. The fourth-order valence-corrected chi connectivity index (χ4v) is 3.53. The van der Waals surface area contributed by atoms with Crippen molar-refractivity contribution in [3.05, 3.63) is 95.6 Å². The number of nitrogens with zero attached hydrogens (tertiary/aromatic N) is 2. The number of ether oxygens (including phenoxy) is 1. The highest BCUT2D eigenvalue weighted by molar-refractivity contribution is 5.94. The number of fused-ring (bicyclic) bond motifs is 1. The van der Waals surface area contributed by atoms with Crippen molar-refractivity contribution in [1.82, 2.24) is 14.9 Å². The minimum Gasteiger partial charge on any atom is -0.493 e. The Morgan fingerprint density at radius 3 is 2.61 bits per heavy atom. The van der Waals surface area contributed by atoms with Crippen LogP contribution in [0, 0.1) is 12.7 Å². The second kappa shape index (κ2) is 9.43. The van der Waals surface area contributed by atoms with Crippen LogP contribution >= 0.6 is 0 Å². The SMILES string of the molecule is Cc1ccccc1OCCCn1c(CNC(=O)c2ccccc2F)nc2ccccc21.